The lowest BCUT2D eigenvalue weighted by atomic mass is 9.91. The summed E-state index contributed by atoms with van der Waals surface area (Å²) in [6.07, 6.45) is 1.87. The Morgan fingerprint density at radius 1 is 1.46 bits per heavy atom. The first-order valence-electron chi connectivity index (χ1n) is 7.74. The molecule has 2 N–H and O–H groups in total. The molecule has 3 rings (SSSR count). The number of ether oxygens (including phenoxy) is 1. The van der Waals surface area contributed by atoms with Crippen LogP contribution in [0, 0.1) is 0 Å². The van der Waals surface area contributed by atoms with Gasteiger partial charge in [-0.1, -0.05) is 0 Å². The molecule has 0 spiro atoms. The minimum atomic E-state index is -0.865. The molecule has 1 saturated heterocycles. The van der Waals surface area contributed by atoms with Crippen LogP contribution in [0.15, 0.2) is 17.2 Å². The fourth-order valence-electron chi connectivity index (χ4n) is 3.57. The lowest BCUT2D eigenvalue weighted by Gasteiger charge is -2.28. The Kier molecular flexibility index (Phi) is 3.79. The molecule has 2 atom stereocenters. The molecule has 0 radical (unpaired) electrons. The summed E-state index contributed by atoms with van der Waals surface area (Å²) in [7, 11) is 3.20. The van der Waals surface area contributed by atoms with Gasteiger partial charge in [-0.25, -0.2) is 9.97 Å². The molecule has 0 aromatic carbocycles. The number of amides is 1. The van der Waals surface area contributed by atoms with E-state index in [4.69, 9.17) is 10.5 Å². The Labute approximate surface area is 139 Å². The van der Waals surface area contributed by atoms with E-state index in [-0.39, 0.29) is 17.5 Å². The third-order valence-electron chi connectivity index (χ3n) is 4.90. The molecule has 1 fully saturated rings. The second-order valence-electron chi connectivity index (χ2n) is 6.32. The highest BCUT2D eigenvalue weighted by molar-refractivity contribution is 5.86. The Bertz CT molecular complexity index is 878. The summed E-state index contributed by atoms with van der Waals surface area (Å²) >= 11 is 0. The van der Waals surface area contributed by atoms with Crippen LogP contribution in [0.25, 0.3) is 11.0 Å². The number of fused-ring (bicyclic) bond motifs is 1. The lowest BCUT2D eigenvalue weighted by Crippen LogP contribution is -2.40. The largest absolute Gasteiger partial charge is 0.383 e. The van der Waals surface area contributed by atoms with Crippen LogP contribution in [-0.4, -0.2) is 45.0 Å². The molecule has 1 amide bonds. The maximum absolute atomic E-state index is 12.9. The van der Waals surface area contributed by atoms with Gasteiger partial charge in [0.2, 0.25) is 5.91 Å². The molecule has 1 aliphatic heterocycles. The van der Waals surface area contributed by atoms with Gasteiger partial charge in [0.15, 0.2) is 0 Å². The first-order valence-corrected chi connectivity index (χ1v) is 7.74. The van der Waals surface area contributed by atoms with Crippen LogP contribution >= 0.6 is 0 Å². The molecule has 3 heterocycles. The van der Waals surface area contributed by atoms with Gasteiger partial charge in [-0.3, -0.25) is 14.2 Å². The van der Waals surface area contributed by atoms with Crippen molar-refractivity contribution in [3.05, 3.63) is 28.3 Å². The van der Waals surface area contributed by atoms with Gasteiger partial charge in [0.1, 0.15) is 23.4 Å². The average Bonchev–Trinajstić information content (AvgIpc) is 2.89. The molecule has 1 aliphatic rings. The fourth-order valence-corrected chi connectivity index (χ4v) is 3.57. The SMILES string of the molecule is COC1(c2cc3c(N)ncnc3n(C)c2=O)C[C@@H](C)N(C(C)=O)C1. The molecule has 0 aliphatic carbocycles. The summed E-state index contributed by atoms with van der Waals surface area (Å²) in [5.74, 6) is 0.263. The number of hydrogen-bond acceptors (Lipinski definition) is 6. The summed E-state index contributed by atoms with van der Waals surface area (Å²) in [5, 5.41) is 0.597. The van der Waals surface area contributed by atoms with E-state index in [1.807, 2.05) is 6.92 Å². The van der Waals surface area contributed by atoms with E-state index in [9.17, 15) is 9.59 Å². The number of nitrogens with zero attached hydrogens (tertiary/aromatic N) is 4. The summed E-state index contributed by atoms with van der Waals surface area (Å²) in [4.78, 5) is 34.6. The van der Waals surface area contributed by atoms with E-state index >= 15 is 0 Å². The zero-order valence-electron chi connectivity index (χ0n) is 14.2. The standard InChI is InChI=1S/C16H21N5O3/c1-9-6-16(24-4,7-21(9)10(2)22)12-5-11-13(17)18-8-19-14(11)20(3)15(12)23/h5,8-9H,6-7H2,1-4H3,(H2,17,18,19)/t9-,16?/m1/s1. The van der Waals surface area contributed by atoms with E-state index in [0.29, 0.717) is 35.4 Å². The van der Waals surface area contributed by atoms with Crippen LogP contribution in [0.1, 0.15) is 25.8 Å². The molecule has 8 heteroatoms. The summed E-state index contributed by atoms with van der Waals surface area (Å²) in [6.45, 7) is 3.80. The topological polar surface area (TPSA) is 103 Å². The molecule has 2 aromatic heterocycles. The van der Waals surface area contributed by atoms with Crippen molar-refractivity contribution in [1.29, 1.82) is 0 Å². The molecule has 8 nitrogen and oxygen atoms in total. The van der Waals surface area contributed by atoms with E-state index in [1.54, 1.807) is 25.1 Å². The Morgan fingerprint density at radius 3 is 2.75 bits per heavy atom. The molecule has 128 valence electrons. The van der Waals surface area contributed by atoms with Crippen molar-refractivity contribution in [2.24, 2.45) is 7.05 Å². The van der Waals surface area contributed by atoms with Crippen LogP contribution in [0.5, 0.6) is 0 Å². The van der Waals surface area contributed by atoms with Crippen molar-refractivity contribution in [2.75, 3.05) is 19.4 Å². The maximum atomic E-state index is 12.9. The summed E-state index contributed by atoms with van der Waals surface area (Å²) < 4.78 is 7.22. The highest BCUT2D eigenvalue weighted by Gasteiger charge is 2.46. The zero-order chi connectivity index (χ0) is 17.6. The third kappa shape index (κ3) is 2.25. The molecule has 24 heavy (non-hydrogen) atoms. The highest BCUT2D eigenvalue weighted by Crippen LogP contribution is 2.38. The van der Waals surface area contributed by atoms with Gasteiger partial charge >= 0.3 is 0 Å². The van der Waals surface area contributed by atoms with Crippen LogP contribution < -0.4 is 11.3 Å². The van der Waals surface area contributed by atoms with Gasteiger partial charge in [0.25, 0.3) is 5.56 Å². The van der Waals surface area contributed by atoms with Crippen LogP contribution in [0.4, 0.5) is 5.82 Å². The predicted molar refractivity (Wildman–Crippen MR) is 89.3 cm³/mol. The zero-order valence-corrected chi connectivity index (χ0v) is 14.2. The number of pyridine rings is 1. The van der Waals surface area contributed by atoms with Gasteiger partial charge < -0.3 is 15.4 Å². The summed E-state index contributed by atoms with van der Waals surface area (Å²) in [5.41, 5.74) is 5.82. The minimum Gasteiger partial charge on any atom is -0.383 e. The van der Waals surface area contributed by atoms with Crippen molar-refractivity contribution in [3.8, 4) is 0 Å². The van der Waals surface area contributed by atoms with Crippen molar-refractivity contribution in [2.45, 2.75) is 31.9 Å². The molecule has 2 aromatic rings. The number of carbonyl (C=O) groups is 1. The lowest BCUT2D eigenvalue weighted by molar-refractivity contribution is -0.130. The maximum Gasteiger partial charge on any atom is 0.258 e. The molecular formula is C16H21N5O3. The first kappa shape index (κ1) is 16.4. The number of nitrogens with two attached hydrogens (primary N) is 1. The molecular weight excluding hydrogens is 310 g/mol. The molecule has 1 unspecified atom stereocenters. The average molecular weight is 331 g/mol. The van der Waals surface area contributed by atoms with Gasteiger partial charge in [-0.15, -0.1) is 0 Å². The van der Waals surface area contributed by atoms with E-state index in [1.165, 1.54) is 17.8 Å². The monoisotopic (exact) mass is 331 g/mol. The van der Waals surface area contributed by atoms with Crippen LogP contribution in [-0.2, 0) is 22.2 Å². The van der Waals surface area contributed by atoms with Gasteiger partial charge in [0, 0.05) is 33.5 Å². The predicted octanol–water partition coefficient (Wildman–Crippen LogP) is 0.393. The number of carbonyl (C=O) groups excluding carboxylic acids is 1. The van der Waals surface area contributed by atoms with Crippen LogP contribution in [0.2, 0.25) is 0 Å². The number of likely N-dealkylation sites (tertiary alicyclic amines) is 1. The Hall–Kier alpha value is -2.48. The normalized spacial score (nSPS) is 23.8. The number of nitrogen functional groups attached to an aromatic ring is 1. The van der Waals surface area contributed by atoms with Crippen molar-refractivity contribution < 1.29 is 9.53 Å². The van der Waals surface area contributed by atoms with Crippen molar-refractivity contribution >= 4 is 22.8 Å². The smallest absolute Gasteiger partial charge is 0.258 e. The fraction of sp³-hybridized carbons (Fsp3) is 0.500. The van der Waals surface area contributed by atoms with Gasteiger partial charge in [-0.2, -0.15) is 0 Å². The van der Waals surface area contributed by atoms with E-state index in [2.05, 4.69) is 9.97 Å². The number of rotatable bonds is 2. The second kappa shape index (κ2) is 5.55. The number of anilines is 1. The second-order valence-corrected chi connectivity index (χ2v) is 6.32. The Morgan fingerprint density at radius 2 is 2.17 bits per heavy atom. The van der Waals surface area contributed by atoms with Crippen molar-refractivity contribution in [1.82, 2.24) is 19.4 Å². The number of aromatic nitrogens is 3. The van der Waals surface area contributed by atoms with Crippen molar-refractivity contribution in [3.63, 3.8) is 0 Å². The third-order valence-corrected chi connectivity index (χ3v) is 4.90. The Balaban J connectivity index is 2.25. The minimum absolute atomic E-state index is 0.0211. The van der Waals surface area contributed by atoms with Gasteiger partial charge in [-0.05, 0) is 13.0 Å². The van der Waals surface area contributed by atoms with E-state index in [0.717, 1.165) is 0 Å². The van der Waals surface area contributed by atoms with Crippen LogP contribution in [0.3, 0.4) is 0 Å². The number of hydrogen-bond donors (Lipinski definition) is 1. The quantitative estimate of drug-likeness (QED) is 0.854. The summed E-state index contributed by atoms with van der Waals surface area (Å²) in [6, 6.07) is 1.68. The number of aryl methyl sites for hydroxylation is 1. The van der Waals surface area contributed by atoms with Gasteiger partial charge in [0.05, 0.1) is 17.5 Å². The highest BCUT2D eigenvalue weighted by atomic mass is 16.5. The number of methoxy groups -OCH3 is 1. The van der Waals surface area contributed by atoms with E-state index < -0.39 is 5.60 Å². The molecule has 0 bridgehead atoms. The molecule has 0 saturated carbocycles. The first-order chi connectivity index (χ1) is 11.3.